The van der Waals surface area contributed by atoms with Crippen LogP contribution in [-0.4, -0.2) is 22.5 Å². The summed E-state index contributed by atoms with van der Waals surface area (Å²) >= 11 is 0. The molecule has 3 heteroatoms. The van der Waals surface area contributed by atoms with Crippen molar-refractivity contribution in [1.82, 2.24) is 10.2 Å². The van der Waals surface area contributed by atoms with E-state index in [1.54, 1.807) is 0 Å². The molecule has 3 rings (SSSR count). The number of carbonyl (C=O) groups excluding carboxylic acids is 1. The summed E-state index contributed by atoms with van der Waals surface area (Å²) in [5, 5.41) is 3.47. The molecule has 1 aliphatic rings. The second kappa shape index (κ2) is 6.51. The van der Waals surface area contributed by atoms with Gasteiger partial charge in [0.05, 0.1) is 11.7 Å². The van der Waals surface area contributed by atoms with Crippen LogP contribution in [0.1, 0.15) is 30.5 Å². The first-order valence-corrected chi connectivity index (χ1v) is 8.18. The Balaban J connectivity index is 1.75. The first-order chi connectivity index (χ1) is 11.5. The minimum Gasteiger partial charge on any atom is -0.319 e. The smallest absolute Gasteiger partial charge is 0.241 e. The lowest BCUT2D eigenvalue weighted by Crippen LogP contribution is -2.46. The molecule has 122 valence electrons. The van der Waals surface area contributed by atoms with Crippen LogP contribution in [0.2, 0.25) is 0 Å². The van der Waals surface area contributed by atoms with Crippen molar-refractivity contribution >= 4 is 5.91 Å². The van der Waals surface area contributed by atoms with Gasteiger partial charge in [-0.3, -0.25) is 10.1 Å². The average Bonchev–Trinajstić information content (AvgIpc) is 2.79. The normalized spacial score (nSPS) is 19.3. The third kappa shape index (κ3) is 3.34. The van der Waals surface area contributed by atoms with Gasteiger partial charge in [0.15, 0.2) is 0 Å². The minimum atomic E-state index is -0.374. The number of hydrogen-bond donors (Lipinski definition) is 1. The average molecular weight is 318 g/mol. The van der Waals surface area contributed by atoms with E-state index in [0.717, 1.165) is 11.1 Å². The Morgan fingerprint density at radius 3 is 2.38 bits per heavy atom. The standard InChI is InChI=1S/C21H22N2O/c1-4-16-10-12-18(13-11-16)15-23-20(24)19(22-21(23,2)3)14-17-8-6-5-7-9-17/h1,5-13,19,22H,14-15H2,2-3H3/t19-/m0/s1. The monoisotopic (exact) mass is 318 g/mol. The highest BCUT2D eigenvalue weighted by molar-refractivity contribution is 5.85. The number of carbonyl (C=O) groups is 1. The molecule has 1 fully saturated rings. The van der Waals surface area contributed by atoms with Crippen LogP contribution in [0.5, 0.6) is 0 Å². The summed E-state index contributed by atoms with van der Waals surface area (Å²) in [7, 11) is 0. The molecule has 2 aromatic rings. The molecule has 1 aliphatic heterocycles. The summed E-state index contributed by atoms with van der Waals surface area (Å²) in [6.07, 6.45) is 6.10. The maximum Gasteiger partial charge on any atom is 0.241 e. The predicted molar refractivity (Wildman–Crippen MR) is 96.1 cm³/mol. The lowest BCUT2D eigenvalue weighted by Gasteiger charge is -2.31. The summed E-state index contributed by atoms with van der Waals surface area (Å²) in [6.45, 7) is 4.67. The first kappa shape index (κ1) is 16.3. The highest BCUT2D eigenvalue weighted by Crippen LogP contribution is 2.25. The Morgan fingerprint density at radius 1 is 1.08 bits per heavy atom. The fourth-order valence-electron chi connectivity index (χ4n) is 3.18. The van der Waals surface area contributed by atoms with Gasteiger partial charge in [0.1, 0.15) is 0 Å². The molecule has 0 bridgehead atoms. The maximum absolute atomic E-state index is 12.9. The van der Waals surface area contributed by atoms with E-state index >= 15 is 0 Å². The van der Waals surface area contributed by atoms with Crippen molar-refractivity contribution in [3.8, 4) is 12.3 Å². The van der Waals surface area contributed by atoms with E-state index in [2.05, 4.69) is 23.4 Å². The number of amides is 1. The Hall–Kier alpha value is -2.57. The van der Waals surface area contributed by atoms with E-state index in [1.165, 1.54) is 5.56 Å². The van der Waals surface area contributed by atoms with Gasteiger partial charge in [0.25, 0.3) is 0 Å². The highest BCUT2D eigenvalue weighted by atomic mass is 16.2. The van der Waals surface area contributed by atoms with Crippen molar-refractivity contribution in [1.29, 1.82) is 0 Å². The predicted octanol–water partition coefficient (Wildman–Crippen LogP) is 2.95. The van der Waals surface area contributed by atoms with Crippen molar-refractivity contribution in [2.45, 2.75) is 38.5 Å². The molecular formula is C21H22N2O. The van der Waals surface area contributed by atoms with Crippen LogP contribution in [0.25, 0.3) is 0 Å². The molecule has 24 heavy (non-hydrogen) atoms. The topological polar surface area (TPSA) is 32.3 Å². The van der Waals surface area contributed by atoms with Crippen molar-refractivity contribution in [2.75, 3.05) is 0 Å². The fourth-order valence-corrected chi connectivity index (χ4v) is 3.18. The highest BCUT2D eigenvalue weighted by Gasteiger charge is 2.43. The zero-order chi connectivity index (χ0) is 17.2. The van der Waals surface area contributed by atoms with Gasteiger partial charge in [-0.15, -0.1) is 6.42 Å². The molecule has 2 aromatic carbocycles. The fraction of sp³-hybridized carbons (Fsp3) is 0.286. The third-order valence-electron chi connectivity index (χ3n) is 4.51. The number of benzene rings is 2. The van der Waals surface area contributed by atoms with E-state index in [1.807, 2.05) is 61.2 Å². The first-order valence-electron chi connectivity index (χ1n) is 8.18. The Kier molecular flexibility index (Phi) is 4.42. The van der Waals surface area contributed by atoms with Gasteiger partial charge in [-0.1, -0.05) is 48.4 Å². The molecule has 0 spiro atoms. The molecule has 0 aliphatic carbocycles. The van der Waals surface area contributed by atoms with Gasteiger partial charge < -0.3 is 4.90 Å². The molecule has 1 amide bonds. The van der Waals surface area contributed by atoms with Crippen LogP contribution in [0, 0.1) is 12.3 Å². The van der Waals surface area contributed by atoms with Crippen LogP contribution >= 0.6 is 0 Å². The Morgan fingerprint density at radius 2 is 1.75 bits per heavy atom. The van der Waals surface area contributed by atoms with Crippen LogP contribution in [0.4, 0.5) is 0 Å². The SMILES string of the molecule is C#Cc1ccc(CN2C(=O)[C@H](Cc3ccccc3)NC2(C)C)cc1. The van der Waals surface area contributed by atoms with E-state index < -0.39 is 0 Å². The maximum atomic E-state index is 12.9. The van der Waals surface area contributed by atoms with Crippen LogP contribution < -0.4 is 5.32 Å². The van der Waals surface area contributed by atoms with Crippen LogP contribution in [-0.2, 0) is 17.8 Å². The Bertz CT molecular complexity index is 757. The zero-order valence-corrected chi connectivity index (χ0v) is 14.1. The lowest BCUT2D eigenvalue weighted by atomic mass is 10.1. The molecule has 0 aromatic heterocycles. The summed E-state index contributed by atoms with van der Waals surface area (Å²) in [4.78, 5) is 14.8. The van der Waals surface area contributed by atoms with Gasteiger partial charge in [-0.05, 0) is 43.5 Å². The molecule has 0 saturated carbocycles. The van der Waals surface area contributed by atoms with Crippen molar-refractivity contribution in [3.63, 3.8) is 0 Å². The van der Waals surface area contributed by atoms with Gasteiger partial charge in [0.2, 0.25) is 5.91 Å². The largest absolute Gasteiger partial charge is 0.319 e. The van der Waals surface area contributed by atoms with E-state index in [0.29, 0.717) is 13.0 Å². The summed E-state index contributed by atoms with van der Waals surface area (Å²) in [5.41, 5.74) is 2.73. The molecule has 1 heterocycles. The van der Waals surface area contributed by atoms with Crippen LogP contribution in [0.3, 0.4) is 0 Å². The molecule has 0 unspecified atom stereocenters. The third-order valence-corrected chi connectivity index (χ3v) is 4.51. The molecule has 1 saturated heterocycles. The van der Waals surface area contributed by atoms with Crippen molar-refractivity contribution in [3.05, 3.63) is 71.3 Å². The van der Waals surface area contributed by atoms with Crippen LogP contribution in [0.15, 0.2) is 54.6 Å². The number of nitrogens with zero attached hydrogens (tertiary/aromatic N) is 1. The number of hydrogen-bond acceptors (Lipinski definition) is 2. The number of nitrogens with one attached hydrogen (secondary N) is 1. The van der Waals surface area contributed by atoms with E-state index in [-0.39, 0.29) is 17.6 Å². The summed E-state index contributed by atoms with van der Waals surface area (Å²) < 4.78 is 0. The summed E-state index contributed by atoms with van der Waals surface area (Å²) in [5.74, 6) is 2.76. The van der Waals surface area contributed by atoms with Gasteiger partial charge in [-0.25, -0.2) is 0 Å². The lowest BCUT2D eigenvalue weighted by molar-refractivity contribution is -0.132. The molecule has 3 nitrogen and oxygen atoms in total. The van der Waals surface area contributed by atoms with Crippen molar-refractivity contribution in [2.24, 2.45) is 0 Å². The number of rotatable bonds is 4. The van der Waals surface area contributed by atoms with Gasteiger partial charge in [-0.2, -0.15) is 0 Å². The molecular weight excluding hydrogens is 296 g/mol. The second-order valence-electron chi connectivity index (χ2n) is 6.71. The summed E-state index contributed by atoms with van der Waals surface area (Å²) in [6, 6.07) is 17.7. The van der Waals surface area contributed by atoms with Crippen molar-refractivity contribution < 1.29 is 4.79 Å². The van der Waals surface area contributed by atoms with Gasteiger partial charge >= 0.3 is 0 Å². The second-order valence-corrected chi connectivity index (χ2v) is 6.71. The minimum absolute atomic E-state index is 0.143. The Labute approximate surface area is 143 Å². The molecule has 1 atom stereocenters. The zero-order valence-electron chi connectivity index (χ0n) is 14.1. The quantitative estimate of drug-likeness (QED) is 0.879. The molecule has 1 N–H and O–H groups in total. The molecule has 0 radical (unpaired) electrons. The number of terminal acetylenes is 1. The van der Waals surface area contributed by atoms with E-state index in [9.17, 15) is 4.79 Å². The van der Waals surface area contributed by atoms with Gasteiger partial charge in [0, 0.05) is 12.1 Å². The van der Waals surface area contributed by atoms with E-state index in [4.69, 9.17) is 6.42 Å².